The first-order valence-corrected chi connectivity index (χ1v) is 7.04. The lowest BCUT2D eigenvalue weighted by Gasteiger charge is -1.97. The topological polar surface area (TPSA) is 115 Å². The van der Waals surface area contributed by atoms with Crippen molar-refractivity contribution in [2.24, 2.45) is 0 Å². The van der Waals surface area contributed by atoms with Gasteiger partial charge in [-0.1, -0.05) is 36.4 Å². The predicted molar refractivity (Wildman–Crippen MR) is 89.9 cm³/mol. The van der Waals surface area contributed by atoms with Crippen molar-refractivity contribution in [1.29, 1.82) is 0 Å². The van der Waals surface area contributed by atoms with Gasteiger partial charge in [0.1, 0.15) is 0 Å². The maximum atomic E-state index is 10.7. The van der Waals surface area contributed by atoms with Gasteiger partial charge in [0.25, 0.3) is 0 Å². The fourth-order valence-electron chi connectivity index (χ4n) is 1.67. The van der Waals surface area contributed by atoms with Gasteiger partial charge < -0.3 is 20.4 Å². The van der Waals surface area contributed by atoms with Crippen LogP contribution < -0.4 is 0 Å². The maximum Gasteiger partial charge on any atom is 0.335 e. The van der Waals surface area contributed by atoms with Crippen LogP contribution in [0, 0.1) is 0 Å². The molecule has 0 unspecified atom stereocenters. The van der Waals surface area contributed by atoms with Gasteiger partial charge in [-0.05, 0) is 35.4 Å². The van der Waals surface area contributed by atoms with E-state index in [1.807, 2.05) is 12.2 Å². The number of aliphatic hydroxyl groups is 2. The molecule has 0 atom stereocenters. The van der Waals surface area contributed by atoms with Crippen molar-refractivity contribution in [1.82, 2.24) is 0 Å². The summed E-state index contributed by atoms with van der Waals surface area (Å²) in [6.45, 7) is -0.250. The maximum absolute atomic E-state index is 10.7. The molecule has 2 rings (SSSR count). The lowest BCUT2D eigenvalue weighted by Crippen LogP contribution is -1.95. The highest BCUT2D eigenvalue weighted by atomic mass is 16.4. The molecule has 0 radical (unpaired) electrons. The molecule has 0 bridgehead atoms. The standard InChI is InChI=1S/C16H12O4.C2H6O2/c17-15(18)13-7-3-11(4-8-13)1-2-12-5-9-14(10-6-12)16(19)20;3-1-2-4/h1-10H,(H,17,18)(H,19,20);3-4H,1-2H2/b2-1+;. The molecule has 2 aromatic rings. The highest BCUT2D eigenvalue weighted by Gasteiger charge is 2.01. The molecule has 0 saturated heterocycles. The van der Waals surface area contributed by atoms with Crippen molar-refractivity contribution in [2.75, 3.05) is 13.2 Å². The van der Waals surface area contributed by atoms with E-state index in [1.54, 1.807) is 24.3 Å². The second kappa shape index (κ2) is 9.94. The van der Waals surface area contributed by atoms with Gasteiger partial charge in [0.05, 0.1) is 24.3 Å². The van der Waals surface area contributed by atoms with Crippen molar-refractivity contribution in [2.45, 2.75) is 0 Å². The zero-order valence-corrected chi connectivity index (χ0v) is 12.8. The van der Waals surface area contributed by atoms with E-state index in [4.69, 9.17) is 20.4 Å². The quantitative estimate of drug-likeness (QED) is 0.625. The largest absolute Gasteiger partial charge is 0.478 e. The summed E-state index contributed by atoms with van der Waals surface area (Å²) in [5.74, 6) is -1.91. The molecule has 4 N–H and O–H groups in total. The molecule has 0 amide bonds. The van der Waals surface area contributed by atoms with Crippen LogP contribution in [-0.2, 0) is 0 Å². The summed E-state index contributed by atoms with van der Waals surface area (Å²) in [5, 5.41) is 32.8. The molecule has 126 valence electrons. The molecule has 0 saturated carbocycles. The monoisotopic (exact) mass is 330 g/mol. The summed E-state index contributed by atoms with van der Waals surface area (Å²) in [5.41, 5.74) is 2.23. The number of aromatic carboxylic acids is 2. The molecule has 6 nitrogen and oxygen atoms in total. The first-order valence-electron chi connectivity index (χ1n) is 7.04. The number of carboxylic acids is 2. The Morgan fingerprint density at radius 3 is 1.17 bits per heavy atom. The summed E-state index contributed by atoms with van der Waals surface area (Å²) >= 11 is 0. The molecule has 0 spiro atoms. The van der Waals surface area contributed by atoms with E-state index in [0.29, 0.717) is 0 Å². The second-order valence-corrected chi connectivity index (χ2v) is 4.63. The lowest BCUT2D eigenvalue weighted by atomic mass is 10.1. The van der Waals surface area contributed by atoms with Crippen LogP contribution in [0.1, 0.15) is 31.8 Å². The molecule has 0 heterocycles. The Morgan fingerprint density at radius 2 is 0.958 bits per heavy atom. The summed E-state index contributed by atoms with van der Waals surface area (Å²) in [4.78, 5) is 21.4. The second-order valence-electron chi connectivity index (χ2n) is 4.63. The normalized spacial score (nSPS) is 10.1. The Kier molecular flexibility index (Phi) is 7.90. The smallest absolute Gasteiger partial charge is 0.335 e. The average Bonchev–Trinajstić information content (AvgIpc) is 2.60. The minimum absolute atomic E-state index is 0.125. The molecule has 0 aromatic heterocycles. The molecule has 0 aliphatic rings. The van der Waals surface area contributed by atoms with Crippen molar-refractivity contribution in [3.63, 3.8) is 0 Å². The Labute approximate surface area is 138 Å². The molecule has 0 aliphatic heterocycles. The van der Waals surface area contributed by atoms with Crippen LogP contribution in [-0.4, -0.2) is 45.6 Å². The van der Waals surface area contributed by atoms with Gasteiger partial charge in [-0.2, -0.15) is 0 Å². The fourth-order valence-corrected chi connectivity index (χ4v) is 1.67. The number of aliphatic hydroxyl groups excluding tert-OH is 2. The Balaban J connectivity index is 0.000000648. The zero-order chi connectivity index (χ0) is 17.9. The number of rotatable bonds is 5. The first kappa shape index (κ1) is 19.1. The van der Waals surface area contributed by atoms with E-state index in [1.165, 1.54) is 24.3 Å². The number of hydrogen-bond donors (Lipinski definition) is 4. The van der Waals surface area contributed by atoms with E-state index >= 15 is 0 Å². The number of hydrogen-bond acceptors (Lipinski definition) is 4. The molecular formula is C18H18O6. The molecule has 0 fully saturated rings. The van der Waals surface area contributed by atoms with Gasteiger partial charge in [0, 0.05) is 0 Å². The van der Waals surface area contributed by atoms with E-state index in [0.717, 1.165) is 11.1 Å². The number of carboxylic acid groups (broad SMARTS) is 2. The minimum atomic E-state index is -0.954. The summed E-state index contributed by atoms with van der Waals surface area (Å²) in [6.07, 6.45) is 3.67. The summed E-state index contributed by atoms with van der Waals surface area (Å²) < 4.78 is 0. The molecule has 0 aliphatic carbocycles. The van der Waals surface area contributed by atoms with E-state index in [2.05, 4.69) is 0 Å². The van der Waals surface area contributed by atoms with Gasteiger partial charge >= 0.3 is 11.9 Å². The van der Waals surface area contributed by atoms with Gasteiger partial charge in [0.15, 0.2) is 0 Å². The lowest BCUT2D eigenvalue weighted by molar-refractivity contribution is 0.0686. The highest BCUT2D eigenvalue weighted by Crippen LogP contribution is 2.11. The van der Waals surface area contributed by atoms with E-state index < -0.39 is 11.9 Å². The number of benzene rings is 2. The van der Waals surface area contributed by atoms with Crippen molar-refractivity contribution in [3.8, 4) is 0 Å². The van der Waals surface area contributed by atoms with Gasteiger partial charge in [-0.3, -0.25) is 0 Å². The molecule has 24 heavy (non-hydrogen) atoms. The van der Waals surface area contributed by atoms with E-state index in [-0.39, 0.29) is 24.3 Å². The summed E-state index contributed by atoms with van der Waals surface area (Å²) in [7, 11) is 0. The van der Waals surface area contributed by atoms with Crippen molar-refractivity contribution < 1.29 is 30.0 Å². The van der Waals surface area contributed by atoms with Crippen molar-refractivity contribution >= 4 is 24.1 Å². The third-order valence-corrected chi connectivity index (χ3v) is 2.88. The Hall–Kier alpha value is -2.96. The van der Waals surface area contributed by atoms with Crippen LogP contribution in [0.3, 0.4) is 0 Å². The van der Waals surface area contributed by atoms with Crippen LogP contribution >= 0.6 is 0 Å². The SMILES string of the molecule is O=C(O)c1ccc(/C=C/c2ccc(C(=O)O)cc2)cc1.OCCO. The Bertz CT molecular complexity index is 625. The molecular weight excluding hydrogens is 312 g/mol. The van der Waals surface area contributed by atoms with Gasteiger partial charge in [-0.25, -0.2) is 9.59 Å². The molecule has 6 heteroatoms. The third kappa shape index (κ3) is 6.43. The van der Waals surface area contributed by atoms with E-state index in [9.17, 15) is 9.59 Å². The zero-order valence-electron chi connectivity index (χ0n) is 12.8. The minimum Gasteiger partial charge on any atom is -0.478 e. The molecule has 2 aromatic carbocycles. The van der Waals surface area contributed by atoms with Crippen LogP contribution in [0.25, 0.3) is 12.2 Å². The van der Waals surface area contributed by atoms with Crippen LogP contribution in [0.15, 0.2) is 48.5 Å². The van der Waals surface area contributed by atoms with Crippen LogP contribution in [0.5, 0.6) is 0 Å². The third-order valence-electron chi connectivity index (χ3n) is 2.88. The van der Waals surface area contributed by atoms with Crippen LogP contribution in [0.4, 0.5) is 0 Å². The first-order chi connectivity index (χ1) is 11.5. The Morgan fingerprint density at radius 1 is 0.667 bits per heavy atom. The van der Waals surface area contributed by atoms with Gasteiger partial charge in [-0.15, -0.1) is 0 Å². The summed E-state index contributed by atoms with van der Waals surface area (Å²) in [6, 6.07) is 13.0. The fraction of sp³-hybridized carbons (Fsp3) is 0.111. The van der Waals surface area contributed by atoms with Crippen LogP contribution in [0.2, 0.25) is 0 Å². The van der Waals surface area contributed by atoms with Gasteiger partial charge in [0.2, 0.25) is 0 Å². The number of carbonyl (C=O) groups is 2. The predicted octanol–water partition coefficient (Wildman–Crippen LogP) is 2.22. The van der Waals surface area contributed by atoms with Crippen molar-refractivity contribution in [3.05, 3.63) is 70.8 Å². The highest BCUT2D eigenvalue weighted by molar-refractivity contribution is 5.88. The average molecular weight is 330 g/mol.